The molecule has 0 unspecified atom stereocenters. The zero-order valence-electron chi connectivity index (χ0n) is 14.9. The highest BCUT2D eigenvalue weighted by molar-refractivity contribution is 5.78. The lowest BCUT2D eigenvalue weighted by molar-refractivity contribution is -0.131. The molecular weight excluding hydrogens is 332 g/mol. The lowest BCUT2D eigenvalue weighted by Gasteiger charge is -2.34. The first-order valence-corrected chi connectivity index (χ1v) is 9.23. The molecule has 0 saturated carbocycles. The molecule has 0 atom stereocenters. The van der Waals surface area contributed by atoms with Crippen LogP contribution in [0.15, 0.2) is 29.0 Å². The number of carbonyl (C=O) groups excluding carboxylic acids is 1. The molecule has 8 nitrogen and oxygen atoms in total. The van der Waals surface area contributed by atoms with Gasteiger partial charge in [0.25, 0.3) is 0 Å². The lowest BCUT2D eigenvalue weighted by atomic mass is 10.3. The Hall–Kier alpha value is -2.32. The molecule has 2 aliphatic heterocycles. The van der Waals surface area contributed by atoms with E-state index >= 15 is 0 Å². The van der Waals surface area contributed by atoms with Crippen molar-refractivity contribution in [1.29, 1.82) is 0 Å². The van der Waals surface area contributed by atoms with E-state index in [2.05, 4.69) is 24.9 Å². The summed E-state index contributed by atoms with van der Waals surface area (Å²) in [6.07, 6.45) is 5.73. The van der Waals surface area contributed by atoms with E-state index in [-0.39, 0.29) is 5.91 Å². The standard InChI is InChI=1S/C18H24N6O2/c25-17(24-6-1-2-7-24)14-23-10-8-22(9-11-23)13-16-20-18(21-26-16)15-4-3-5-19-12-15/h3-5,12H,1-2,6-11,13-14H2. The lowest BCUT2D eigenvalue weighted by Crippen LogP contribution is -2.49. The van der Waals surface area contributed by atoms with Crippen molar-refractivity contribution in [1.82, 2.24) is 29.8 Å². The summed E-state index contributed by atoms with van der Waals surface area (Å²) in [6.45, 7) is 6.62. The van der Waals surface area contributed by atoms with Crippen LogP contribution in [0, 0.1) is 0 Å². The largest absolute Gasteiger partial charge is 0.342 e. The van der Waals surface area contributed by atoms with Crippen LogP contribution in [-0.4, -0.2) is 81.5 Å². The van der Waals surface area contributed by atoms with Crippen LogP contribution >= 0.6 is 0 Å². The zero-order chi connectivity index (χ0) is 17.8. The van der Waals surface area contributed by atoms with Crippen molar-refractivity contribution in [2.45, 2.75) is 19.4 Å². The molecule has 2 aromatic heterocycles. The van der Waals surface area contributed by atoms with Crippen molar-refractivity contribution >= 4 is 5.91 Å². The summed E-state index contributed by atoms with van der Waals surface area (Å²) in [6, 6.07) is 3.77. The van der Waals surface area contributed by atoms with Crippen molar-refractivity contribution in [3.05, 3.63) is 30.4 Å². The first kappa shape index (κ1) is 17.1. The molecule has 4 rings (SSSR count). The number of likely N-dealkylation sites (tertiary alicyclic amines) is 1. The zero-order valence-corrected chi connectivity index (χ0v) is 14.9. The highest BCUT2D eigenvalue weighted by Crippen LogP contribution is 2.15. The minimum Gasteiger partial charge on any atom is -0.342 e. The van der Waals surface area contributed by atoms with Crippen LogP contribution in [0.3, 0.4) is 0 Å². The monoisotopic (exact) mass is 356 g/mol. The molecule has 8 heteroatoms. The maximum Gasteiger partial charge on any atom is 0.241 e. The van der Waals surface area contributed by atoms with Crippen molar-refractivity contribution < 1.29 is 9.32 Å². The van der Waals surface area contributed by atoms with Gasteiger partial charge >= 0.3 is 0 Å². The summed E-state index contributed by atoms with van der Waals surface area (Å²) in [5.74, 6) is 1.46. The molecule has 138 valence electrons. The Morgan fingerprint density at radius 3 is 2.58 bits per heavy atom. The highest BCUT2D eigenvalue weighted by atomic mass is 16.5. The van der Waals surface area contributed by atoms with E-state index in [0.717, 1.165) is 57.7 Å². The maximum atomic E-state index is 12.3. The van der Waals surface area contributed by atoms with E-state index in [0.29, 0.717) is 24.8 Å². The second kappa shape index (κ2) is 7.92. The molecule has 0 bridgehead atoms. The minimum atomic E-state index is 0.272. The normalized spacial score (nSPS) is 19.2. The topological polar surface area (TPSA) is 78.6 Å². The first-order valence-electron chi connectivity index (χ1n) is 9.23. The minimum absolute atomic E-state index is 0.272. The number of piperazine rings is 1. The molecule has 0 spiro atoms. The van der Waals surface area contributed by atoms with Gasteiger partial charge in [-0.1, -0.05) is 5.16 Å². The van der Waals surface area contributed by atoms with Crippen LogP contribution < -0.4 is 0 Å². The predicted molar refractivity (Wildman–Crippen MR) is 95.1 cm³/mol. The van der Waals surface area contributed by atoms with Gasteiger partial charge in [0.1, 0.15) is 0 Å². The van der Waals surface area contributed by atoms with Crippen molar-refractivity contribution in [2.24, 2.45) is 0 Å². The van der Waals surface area contributed by atoms with E-state index in [1.807, 2.05) is 17.0 Å². The Morgan fingerprint density at radius 1 is 1.08 bits per heavy atom. The predicted octanol–water partition coefficient (Wildman–Crippen LogP) is 0.872. The molecule has 0 aliphatic carbocycles. The van der Waals surface area contributed by atoms with Crippen LogP contribution in [0.4, 0.5) is 0 Å². The Bertz CT molecular complexity index is 720. The molecule has 2 aliphatic rings. The number of aromatic nitrogens is 3. The SMILES string of the molecule is O=C(CN1CCN(Cc2nc(-c3cccnc3)no2)CC1)N1CCCC1. The fourth-order valence-corrected chi connectivity index (χ4v) is 3.49. The Labute approximate surface area is 152 Å². The Morgan fingerprint density at radius 2 is 1.85 bits per heavy atom. The number of nitrogens with zero attached hydrogens (tertiary/aromatic N) is 6. The number of amides is 1. The maximum absolute atomic E-state index is 12.3. The van der Waals surface area contributed by atoms with E-state index in [9.17, 15) is 4.79 Å². The fraction of sp³-hybridized carbons (Fsp3) is 0.556. The molecule has 4 heterocycles. The quantitative estimate of drug-likeness (QED) is 0.786. The van der Waals surface area contributed by atoms with Gasteiger partial charge in [-0.25, -0.2) is 0 Å². The van der Waals surface area contributed by atoms with E-state index in [1.54, 1.807) is 12.4 Å². The van der Waals surface area contributed by atoms with Gasteiger partial charge in [-0.3, -0.25) is 19.6 Å². The van der Waals surface area contributed by atoms with Crippen LogP contribution in [0.5, 0.6) is 0 Å². The number of pyridine rings is 1. The van der Waals surface area contributed by atoms with Crippen molar-refractivity contribution in [3.8, 4) is 11.4 Å². The summed E-state index contributed by atoms with van der Waals surface area (Å²) in [7, 11) is 0. The summed E-state index contributed by atoms with van der Waals surface area (Å²) >= 11 is 0. The van der Waals surface area contributed by atoms with Gasteiger partial charge in [-0.05, 0) is 25.0 Å². The highest BCUT2D eigenvalue weighted by Gasteiger charge is 2.24. The van der Waals surface area contributed by atoms with Gasteiger partial charge in [0.05, 0.1) is 13.1 Å². The second-order valence-corrected chi connectivity index (χ2v) is 6.89. The number of rotatable bonds is 5. The van der Waals surface area contributed by atoms with Gasteiger partial charge in [-0.2, -0.15) is 4.98 Å². The van der Waals surface area contributed by atoms with Crippen LogP contribution in [-0.2, 0) is 11.3 Å². The molecule has 0 N–H and O–H groups in total. The van der Waals surface area contributed by atoms with Gasteiger partial charge < -0.3 is 9.42 Å². The third-order valence-corrected chi connectivity index (χ3v) is 5.03. The molecule has 0 radical (unpaired) electrons. The van der Waals surface area contributed by atoms with Crippen LogP contribution in [0.2, 0.25) is 0 Å². The van der Waals surface area contributed by atoms with Gasteiger partial charge in [0.15, 0.2) is 0 Å². The average Bonchev–Trinajstić information content (AvgIpc) is 3.36. The van der Waals surface area contributed by atoms with Gasteiger partial charge in [-0.15, -0.1) is 0 Å². The molecule has 1 amide bonds. The molecule has 2 fully saturated rings. The first-order chi connectivity index (χ1) is 12.8. The van der Waals surface area contributed by atoms with E-state index < -0.39 is 0 Å². The Balaban J connectivity index is 1.25. The fourth-order valence-electron chi connectivity index (χ4n) is 3.49. The molecular formula is C18H24N6O2. The third-order valence-electron chi connectivity index (χ3n) is 5.03. The summed E-state index contributed by atoms with van der Waals surface area (Å²) in [5.41, 5.74) is 0.854. The summed E-state index contributed by atoms with van der Waals surface area (Å²) in [5, 5.41) is 4.04. The summed E-state index contributed by atoms with van der Waals surface area (Å²) in [4.78, 5) is 27.3. The van der Waals surface area contributed by atoms with Crippen LogP contribution in [0.1, 0.15) is 18.7 Å². The molecule has 0 aromatic carbocycles. The van der Waals surface area contributed by atoms with Gasteiger partial charge in [0.2, 0.25) is 17.6 Å². The number of hydrogen-bond donors (Lipinski definition) is 0. The summed E-state index contributed by atoms with van der Waals surface area (Å²) < 4.78 is 5.38. The second-order valence-electron chi connectivity index (χ2n) is 6.89. The Kier molecular flexibility index (Phi) is 5.21. The van der Waals surface area contributed by atoms with Crippen molar-refractivity contribution in [3.63, 3.8) is 0 Å². The number of hydrogen-bond acceptors (Lipinski definition) is 7. The third kappa shape index (κ3) is 4.08. The smallest absolute Gasteiger partial charge is 0.241 e. The number of carbonyl (C=O) groups is 1. The van der Waals surface area contributed by atoms with Gasteiger partial charge in [0, 0.05) is 57.2 Å². The van der Waals surface area contributed by atoms with E-state index in [4.69, 9.17) is 4.52 Å². The van der Waals surface area contributed by atoms with E-state index in [1.165, 1.54) is 0 Å². The van der Waals surface area contributed by atoms with Crippen molar-refractivity contribution in [2.75, 3.05) is 45.8 Å². The molecule has 26 heavy (non-hydrogen) atoms. The molecule has 2 saturated heterocycles. The average molecular weight is 356 g/mol. The molecule has 2 aromatic rings. The van der Waals surface area contributed by atoms with Crippen LogP contribution in [0.25, 0.3) is 11.4 Å².